The summed E-state index contributed by atoms with van der Waals surface area (Å²) in [5.74, 6) is -1.47. The van der Waals surface area contributed by atoms with Gasteiger partial charge in [0.1, 0.15) is 5.92 Å². The maximum atomic E-state index is 13.1. The highest BCUT2D eigenvalue weighted by atomic mass is 32.1. The molecule has 0 bridgehead atoms. The Morgan fingerprint density at radius 1 is 0.900 bits per heavy atom. The van der Waals surface area contributed by atoms with Crippen LogP contribution in [0.4, 0.5) is 0 Å². The predicted octanol–water partition coefficient (Wildman–Crippen LogP) is 4.33. The molecular weight excluding hydrogens is 398 g/mol. The molecular formula is C24H23NO4S. The number of ether oxygens (including phenoxy) is 1. The number of amides is 1. The fourth-order valence-electron chi connectivity index (χ4n) is 3.07. The van der Waals surface area contributed by atoms with E-state index in [-0.39, 0.29) is 11.7 Å². The minimum atomic E-state index is -0.917. The van der Waals surface area contributed by atoms with Gasteiger partial charge in [-0.25, -0.2) is 0 Å². The standard InChI is InChI=1S/C24H23NO4S/c1-16(23(27)21-14-13-20(30-21)15-25-17(2)26)29-24(28)22(18-9-5-3-6-10-18)19-11-7-4-8-12-19/h3-14,16,22H,15H2,1-2H3,(H,25,26). The number of benzene rings is 2. The molecule has 1 amide bonds. The van der Waals surface area contributed by atoms with E-state index in [9.17, 15) is 14.4 Å². The highest BCUT2D eigenvalue weighted by Crippen LogP contribution is 2.27. The summed E-state index contributed by atoms with van der Waals surface area (Å²) in [7, 11) is 0. The summed E-state index contributed by atoms with van der Waals surface area (Å²) in [5.41, 5.74) is 1.61. The van der Waals surface area contributed by atoms with E-state index in [0.29, 0.717) is 11.4 Å². The molecule has 1 atom stereocenters. The van der Waals surface area contributed by atoms with Gasteiger partial charge < -0.3 is 10.1 Å². The highest BCUT2D eigenvalue weighted by Gasteiger charge is 2.28. The van der Waals surface area contributed by atoms with Crippen molar-refractivity contribution < 1.29 is 19.1 Å². The normalized spacial score (nSPS) is 11.7. The van der Waals surface area contributed by atoms with Gasteiger partial charge in [0.15, 0.2) is 6.10 Å². The van der Waals surface area contributed by atoms with Crippen molar-refractivity contribution in [3.8, 4) is 0 Å². The first-order valence-electron chi connectivity index (χ1n) is 9.63. The van der Waals surface area contributed by atoms with Crippen LogP contribution < -0.4 is 5.32 Å². The van der Waals surface area contributed by atoms with E-state index in [0.717, 1.165) is 16.0 Å². The minimum absolute atomic E-state index is 0.133. The summed E-state index contributed by atoms with van der Waals surface area (Å²) in [6, 6.07) is 22.2. The first-order chi connectivity index (χ1) is 14.5. The van der Waals surface area contributed by atoms with Crippen LogP contribution in [0, 0.1) is 0 Å². The van der Waals surface area contributed by atoms with Crippen molar-refractivity contribution in [3.63, 3.8) is 0 Å². The second-order valence-electron chi connectivity index (χ2n) is 6.87. The second-order valence-corrected chi connectivity index (χ2v) is 8.04. The molecule has 0 radical (unpaired) electrons. The number of carbonyl (C=O) groups is 3. The molecule has 0 aliphatic heterocycles. The third-order valence-electron chi connectivity index (χ3n) is 4.58. The van der Waals surface area contributed by atoms with Gasteiger partial charge in [0.25, 0.3) is 0 Å². The molecule has 1 unspecified atom stereocenters. The van der Waals surface area contributed by atoms with Crippen molar-refractivity contribution in [2.24, 2.45) is 0 Å². The fourth-order valence-corrected chi connectivity index (χ4v) is 4.03. The number of hydrogen-bond acceptors (Lipinski definition) is 5. The van der Waals surface area contributed by atoms with Crippen LogP contribution in [0.5, 0.6) is 0 Å². The number of nitrogens with one attached hydrogen (secondary N) is 1. The van der Waals surface area contributed by atoms with Gasteiger partial charge in [0.2, 0.25) is 11.7 Å². The number of hydrogen-bond donors (Lipinski definition) is 1. The van der Waals surface area contributed by atoms with Gasteiger partial charge >= 0.3 is 5.97 Å². The van der Waals surface area contributed by atoms with E-state index in [1.54, 1.807) is 19.1 Å². The number of esters is 1. The quantitative estimate of drug-likeness (QED) is 0.434. The molecule has 0 saturated heterocycles. The largest absolute Gasteiger partial charge is 0.454 e. The van der Waals surface area contributed by atoms with E-state index in [2.05, 4.69) is 5.32 Å². The van der Waals surface area contributed by atoms with Crippen LogP contribution in [-0.4, -0.2) is 23.8 Å². The number of ketones is 1. The van der Waals surface area contributed by atoms with Crippen molar-refractivity contribution in [1.29, 1.82) is 0 Å². The molecule has 6 heteroatoms. The lowest BCUT2D eigenvalue weighted by Crippen LogP contribution is -2.27. The van der Waals surface area contributed by atoms with Crippen LogP contribution in [0.15, 0.2) is 72.8 Å². The predicted molar refractivity (Wildman–Crippen MR) is 116 cm³/mol. The molecule has 30 heavy (non-hydrogen) atoms. The average Bonchev–Trinajstić information content (AvgIpc) is 3.22. The zero-order valence-electron chi connectivity index (χ0n) is 16.8. The number of carbonyl (C=O) groups excluding carboxylic acids is 3. The van der Waals surface area contributed by atoms with Gasteiger partial charge in [0.05, 0.1) is 11.4 Å². The van der Waals surface area contributed by atoms with Gasteiger partial charge in [0, 0.05) is 11.8 Å². The van der Waals surface area contributed by atoms with Crippen LogP contribution in [-0.2, 0) is 20.9 Å². The van der Waals surface area contributed by atoms with Gasteiger partial charge in [-0.1, -0.05) is 60.7 Å². The molecule has 0 aliphatic carbocycles. The Kier molecular flexibility index (Phi) is 7.14. The molecule has 3 aromatic rings. The molecule has 3 rings (SSSR count). The van der Waals surface area contributed by atoms with Gasteiger partial charge in [-0.2, -0.15) is 0 Å². The molecule has 1 N–H and O–H groups in total. The maximum Gasteiger partial charge on any atom is 0.318 e. The Hall–Kier alpha value is -3.25. The minimum Gasteiger partial charge on any atom is -0.454 e. The van der Waals surface area contributed by atoms with Crippen LogP contribution in [0.2, 0.25) is 0 Å². The summed E-state index contributed by atoms with van der Waals surface area (Å²) in [5, 5.41) is 2.70. The van der Waals surface area contributed by atoms with Crippen molar-refractivity contribution in [1.82, 2.24) is 5.32 Å². The zero-order valence-corrected chi connectivity index (χ0v) is 17.6. The van der Waals surface area contributed by atoms with Crippen molar-refractivity contribution in [2.45, 2.75) is 32.4 Å². The Balaban J connectivity index is 1.74. The van der Waals surface area contributed by atoms with Gasteiger partial charge in [-0.15, -0.1) is 11.3 Å². The molecule has 0 spiro atoms. The first kappa shape index (κ1) is 21.5. The molecule has 1 aromatic heterocycles. The molecule has 0 aliphatic rings. The van der Waals surface area contributed by atoms with E-state index < -0.39 is 18.0 Å². The molecule has 2 aromatic carbocycles. The smallest absolute Gasteiger partial charge is 0.318 e. The highest BCUT2D eigenvalue weighted by molar-refractivity contribution is 7.14. The van der Waals surface area contributed by atoms with E-state index in [1.165, 1.54) is 18.3 Å². The lowest BCUT2D eigenvalue weighted by Gasteiger charge is -2.19. The Morgan fingerprint density at radius 2 is 1.47 bits per heavy atom. The van der Waals surface area contributed by atoms with Gasteiger partial charge in [-0.3, -0.25) is 14.4 Å². The van der Waals surface area contributed by atoms with Crippen LogP contribution in [0.25, 0.3) is 0 Å². The van der Waals surface area contributed by atoms with Crippen LogP contribution in [0.1, 0.15) is 45.4 Å². The third-order valence-corrected chi connectivity index (χ3v) is 5.68. The summed E-state index contributed by atoms with van der Waals surface area (Å²) in [6.07, 6.45) is -0.917. The lowest BCUT2D eigenvalue weighted by molar-refractivity contribution is -0.147. The number of Topliss-reactive ketones (excluding diaryl/α,β-unsaturated/α-hetero) is 1. The summed E-state index contributed by atoms with van der Waals surface area (Å²) in [6.45, 7) is 3.39. The van der Waals surface area contributed by atoms with Gasteiger partial charge in [-0.05, 0) is 30.2 Å². The van der Waals surface area contributed by atoms with E-state index in [4.69, 9.17) is 4.74 Å². The summed E-state index contributed by atoms with van der Waals surface area (Å²) >= 11 is 1.28. The number of rotatable bonds is 8. The Labute approximate surface area is 179 Å². The van der Waals surface area contributed by atoms with E-state index in [1.807, 2.05) is 60.7 Å². The molecule has 154 valence electrons. The van der Waals surface area contributed by atoms with Crippen molar-refractivity contribution >= 4 is 29.0 Å². The van der Waals surface area contributed by atoms with Crippen LogP contribution in [0.3, 0.4) is 0 Å². The summed E-state index contributed by atoms with van der Waals surface area (Å²) in [4.78, 5) is 38.2. The molecule has 5 nitrogen and oxygen atoms in total. The zero-order chi connectivity index (χ0) is 21.5. The maximum absolute atomic E-state index is 13.1. The monoisotopic (exact) mass is 421 g/mol. The van der Waals surface area contributed by atoms with Crippen LogP contribution >= 0.6 is 11.3 Å². The van der Waals surface area contributed by atoms with Crippen molar-refractivity contribution in [2.75, 3.05) is 0 Å². The fraction of sp³-hybridized carbons (Fsp3) is 0.208. The Morgan fingerprint density at radius 3 is 2.00 bits per heavy atom. The molecule has 1 heterocycles. The first-order valence-corrected chi connectivity index (χ1v) is 10.4. The second kappa shape index (κ2) is 9.98. The molecule has 0 saturated carbocycles. The topological polar surface area (TPSA) is 72.5 Å². The number of thiophene rings is 1. The Bertz CT molecular complexity index is 974. The summed E-state index contributed by atoms with van der Waals surface area (Å²) < 4.78 is 5.59. The lowest BCUT2D eigenvalue weighted by atomic mass is 9.91. The molecule has 0 fully saturated rings. The average molecular weight is 422 g/mol. The third kappa shape index (κ3) is 5.42. The van der Waals surface area contributed by atoms with Crippen molar-refractivity contribution in [3.05, 3.63) is 93.7 Å². The SMILES string of the molecule is CC(=O)NCc1ccc(C(=O)C(C)OC(=O)C(c2ccccc2)c2ccccc2)s1. The van der Waals surface area contributed by atoms with E-state index >= 15 is 0 Å².